The van der Waals surface area contributed by atoms with Crippen LogP contribution in [-0.2, 0) is 4.74 Å². The molecule has 1 aromatic rings. The van der Waals surface area contributed by atoms with Gasteiger partial charge in [-0.3, -0.25) is 0 Å². The average Bonchev–Trinajstić information content (AvgIpc) is 2.34. The summed E-state index contributed by atoms with van der Waals surface area (Å²) in [5.41, 5.74) is 1.12. The van der Waals surface area contributed by atoms with E-state index in [1.54, 1.807) is 0 Å². The summed E-state index contributed by atoms with van der Waals surface area (Å²) >= 11 is 6.26. The van der Waals surface area contributed by atoms with Gasteiger partial charge in [0.05, 0.1) is 12.1 Å². The van der Waals surface area contributed by atoms with E-state index in [-0.39, 0.29) is 12.1 Å². The number of halogens is 1. The highest BCUT2D eigenvalue weighted by Gasteiger charge is 2.22. The fraction of sp³-hybridized carbons (Fsp3) is 0.571. The molecule has 17 heavy (non-hydrogen) atoms. The van der Waals surface area contributed by atoms with E-state index in [0.717, 1.165) is 30.2 Å². The van der Waals surface area contributed by atoms with Gasteiger partial charge in [0.2, 0.25) is 0 Å². The van der Waals surface area contributed by atoms with Gasteiger partial charge in [-0.1, -0.05) is 43.6 Å². The van der Waals surface area contributed by atoms with E-state index in [2.05, 4.69) is 25.2 Å². The van der Waals surface area contributed by atoms with Crippen molar-refractivity contribution < 1.29 is 4.74 Å². The minimum Gasteiger partial charge on any atom is -0.377 e. The minimum absolute atomic E-state index is 0.165. The molecule has 3 heteroatoms. The Morgan fingerprint density at radius 1 is 1.24 bits per heavy atom. The Balaban J connectivity index is 2.94. The SMILES string of the molecule is CCNC(c1ccccc1Cl)C(CC)OCC. The first kappa shape index (κ1) is 14.5. The summed E-state index contributed by atoms with van der Waals surface area (Å²) < 4.78 is 5.79. The first-order chi connectivity index (χ1) is 8.24. The standard InChI is InChI=1S/C14H22ClNO/c1-4-13(17-6-3)14(16-5-2)11-9-7-8-10-12(11)15/h7-10,13-14,16H,4-6H2,1-3H3. The predicted octanol–water partition coefficient (Wildman–Crippen LogP) is 3.81. The molecular formula is C14H22ClNO. The molecule has 1 rings (SSSR count). The van der Waals surface area contributed by atoms with Gasteiger partial charge in [-0.2, -0.15) is 0 Å². The monoisotopic (exact) mass is 255 g/mol. The van der Waals surface area contributed by atoms with Crippen molar-refractivity contribution in [3.05, 3.63) is 34.9 Å². The van der Waals surface area contributed by atoms with Crippen LogP contribution in [0.1, 0.15) is 38.8 Å². The Bertz CT molecular complexity index is 330. The number of rotatable bonds is 7. The van der Waals surface area contributed by atoms with Gasteiger partial charge in [-0.05, 0) is 31.5 Å². The Labute approximate surface area is 109 Å². The number of nitrogens with one attached hydrogen (secondary N) is 1. The maximum absolute atomic E-state index is 6.26. The van der Waals surface area contributed by atoms with Crippen LogP contribution in [0, 0.1) is 0 Å². The number of ether oxygens (including phenoxy) is 1. The highest BCUT2D eigenvalue weighted by molar-refractivity contribution is 6.31. The molecule has 0 aromatic heterocycles. The average molecular weight is 256 g/mol. The first-order valence-electron chi connectivity index (χ1n) is 6.33. The summed E-state index contributed by atoms with van der Waals surface area (Å²) in [6.07, 6.45) is 1.14. The molecular weight excluding hydrogens is 234 g/mol. The van der Waals surface area contributed by atoms with Crippen LogP contribution >= 0.6 is 11.6 Å². The van der Waals surface area contributed by atoms with Crippen molar-refractivity contribution in [2.75, 3.05) is 13.2 Å². The molecule has 0 aliphatic carbocycles. The smallest absolute Gasteiger partial charge is 0.0767 e. The van der Waals surface area contributed by atoms with Crippen molar-refractivity contribution in [2.24, 2.45) is 0 Å². The summed E-state index contributed by atoms with van der Waals surface area (Å²) in [5, 5.41) is 4.27. The van der Waals surface area contributed by atoms with Crippen LogP contribution in [0.2, 0.25) is 5.02 Å². The largest absolute Gasteiger partial charge is 0.377 e. The first-order valence-corrected chi connectivity index (χ1v) is 6.71. The van der Waals surface area contributed by atoms with Crippen LogP contribution in [0.4, 0.5) is 0 Å². The zero-order valence-corrected chi connectivity index (χ0v) is 11.6. The van der Waals surface area contributed by atoms with Gasteiger partial charge in [0, 0.05) is 11.6 Å². The van der Waals surface area contributed by atoms with Crippen molar-refractivity contribution in [3.8, 4) is 0 Å². The molecule has 0 amide bonds. The lowest BCUT2D eigenvalue weighted by Gasteiger charge is -2.28. The van der Waals surface area contributed by atoms with Crippen LogP contribution in [0.15, 0.2) is 24.3 Å². The van der Waals surface area contributed by atoms with E-state index in [9.17, 15) is 0 Å². The minimum atomic E-state index is 0.165. The van der Waals surface area contributed by atoms with E-state index < -0.39 is 0 Å². The number of hydrogen-bond donors (Lipinski definition) is 1. The quantitative estimate of drug-likeness (QED) is 0.800. The van der Waals surface area contributed by atoms with Gasteiger partial charge in [-0.25, -0.2) is 0 Å². The van der Waals surface area contributed by atoms with Gasteiger partial charge >= 0.3 is 0 Å². The third-order valence-corrected chi connectivity index (χ3v) is 3.16. The highest BCUT2D eigenvalue weighted by atomic mass is 35.5. The molecule has 0 saturated carbocycles. The van der Waals surface area contributed by atoms with Gasteiger partial charge < -0.3 is 10.1 Å². The third kappa shape index (κ3) is 3.98. The van der Waals surface area contributed by atoms with Gasteiger partial charge in [0.1, 0.15) is 0 Å². The van der Waals surface area contributed by atoms with Gasteiger partial charge in [-0.15, -0.1) is 0 Å². The predicted molar refractivity (Wildman–Crippen MR) is 73.6 cm³/mol. The molecule has 0 aliphatic rings. The molecule has 0 saturated heterocycles. The fourth-order valence-corrected chi connectivity index (χ4v) is 2.31. The number of benzene rings is 1. The Hall–Kier alpha value is -0.570. The number of hydrogen-bond acceptors (Lipinski definition) is 2. The van der Waals surface area contributed by atoms with Crippen LogP contribution in [0.25, 0.3) is 0 Å². The lowest BCUT2D eigenvalue weighted by molar-refractivity contribution is 0.0318. The van der Waals surface area contributed by atoms with Crippen molar-refractivity contribution in [3.63, 3.8) is 0 Å². The van der Waals surface area contributed by atoms with Crippen molar-refractivity contribution in [1.82, 2.24) is 5.32 Å². The molecule has 0 spiro atoms. The van der Waals surface area contributed by atoms with Gasteiger partial charge in [0.25, 0.3) is 0 Å². The number of likely N-dealkylation sites (N-methyl/N-ethyl adjacent to an activating group) is 1. The second-order valence-corrected chi connectivity index (χ2v) is 4.37. The molecule has 0 bridgehead atoms. The van der Waals surface area contributed by atoms with Crippen molar-refractivity contribution >= 4 is 11.6 Å². The molecule has 1 aromatic carbocycles. The van der Waals surface area contributed by atoms with E-state index in [0.29, 0.717) is 0 Å². The summed E-state index contributed by atoms with van der Waals surface area (Å²) in [7, 11) is 0. The van der Waals surface area contributed by atoms with Crippen molar-refractivity contribution in [2.45, 2.75) is 39.3 Å². The van der Waals surface area contributed by atoms with Crippen LogP contribution < -0.4 is 5.32 Å². The lowest BCUT2D eigenvalue weighted by atomic mass is 9.99. The zero-order chi connectivity index (χ0) is 12.7. The molecule has 2 unspecified atom stereocenters. The molecule has 2 nitrogen and oxygen atoms in total. The van der Waals surface area contributed by atoms with Crippen molar-refractivity contribution in [1.29, 1.82) is 0 Å². The normalized spacial score (nSPS) is 14.6. The zero-order valence-electron chi connectivity index (χ0n) is 10.9. The molecule has 96 valence electrons. The molecule has 0 aliphatic heterocycles. The fourth-order valence-electron chi connectivity index (χ4n) is 2.05. The third-order valence-electron chi connectivity index (χ3n) is 2.82. The van der Waals surface area contributed by atoms with E-state index in [1.807, 2.05) is 25.1 Å². The molecule has 0 radical (unpaired) electrons. The maximum atomic E-state index is 6.26. The summed E-state index contributed by atoms with van der Waals surface area (Å²) in [4.78, 5) is 0. The maximum Gasteiger partial charge on any atom is 0.0767 e. The lowest BCUT2D eigenvalue weighted by Crippen LogP contribution is -2.33. The topological polar surface area (TPSA) is 21.3 Å². The van der Waals surface area contributed by atoms with Crippen LogP contribution in [0.3, 0.4) is 0 Å². The second-order valence-electron chi connectivity index (χ2n) is 3.96. The summed E-state index contributed by atoms with van der Waals surface area (Å²) in [5.74, 6) is 0. The Kier molecular flexibility index (Phi) is 6.56. The second kappa shape index (κ2) is 7.70. The molecule has 2 atom stereocenters. The van der Waals surface area contributed by atoms with E-state index in [1.165, 1.54) is 0 Å². The Morgan fingerprint density at radius 2 is 1.94 bits per heavy atom. The summed E-state index contributed by atoms with van der Waals surface area (Å²) in [6, 6.07) is 8.14. The highest BCUT2D eigenvalue weighted by Crippen LogP contribution is 2.27. The summed E-state index contributed by atoms with van der Waals surface area (Å²) in [6.45, 7) is 7.90. The van der Waals surface area contributed by atoms with Crippen LogP contribution in [0.5, 0.6) is 0 Å². The Morgan fingerprint density at radius 3 is 2.47 bits per heavy atom. The van der Waals surface area contributed by atoms with E-state index >= 15 is 0 Å². The van der Waals surface area contributed by atoms with Crippen LogP contribution in [-0.4, -0.2) is 19.3 Å². The molecule has 0 fully saturated rings. The molecule has 1 N–H and O–H groups in total. The van der Waals surface area contributed by atoms with E-state index in [4.69, 9.17) is 16.3 Å². The van der Waals surface area contributed by atoms with Gasteiger partial charge in [0.15, 0.2) is 0 Å². The molecule has 0 heterocycles.